The Balaban J connectivity index is 2.03. The number of rotatable bonds is 5. The quantitative estimate of drug-likeness (QED) is 0.824. The van der Waals surface area contributed by atoms with Crippen LogP contribution in [0.1, 0.15) is 11.1 Å². The molecule has 0 aliphatic carbocycles. The van der Waals surface area contributed by atoms with Gasteiger partial charge >= 0.3 is 0 Å². The van der Waals surface area contributed by atoms with Gasteiger partial charge in [-0.25, -0.2) is 13.1 Å². The third-order valence-corrected chi connectivity index (χ3v) is 5.27. The zero-order valence-corrected chi connectivity index (χ0v) is 15.4. The molecule has 5 nitrogen and oxygen atoms in total. The molecule has 0 aliphatic rings. The van der Waals surface area contributed by atoms with Gasteiger partial charge < -0.3 is 5.32 Å². The standard InChI is InChI=1S/C16H16Cl2N2O3S/c1-10-5-11(2)7-12(6-10)20-16(21)9-19-24(22,23)13-3-4-14(17)15(18)8-13/h3-8,19H,9H2,1-2H3,(H,20,21). The molecule has 0 aliphatic heterocycles. The summed E-state index contributed by atoms with van der Waals surface area (Å²) in [6.45, 7) is 3.43. The molecular formula is C16H16Cl2N2O3S. The van der Waals surface area contributed by atoms with Crippen molar-refractivity contribution in [2.75, 3.05) is 11.9 Å². The molecule has 0 unspecified atom stereocenters. The molecule has 0 aromatic heterocycles. The van der Waals surface area contributed by atoms with Crippen LogP contribution in [0.2, 0.25) is 10.0 Å². The topological polar surface area (TPSA) is 75.3 Å². The van der Waals surface area contributed by atoms with E-state index in [1.807, 2.05) is 19.9 Å². The summed E-state index contributed by atoms with van der Waals surface area (Å²) >= 11 is 11.6. The molecule has 2 aromatic carbocycles. The Hall–Kier alpha value is -1.60. The lowest BCUT2D eigenvalue weighted by Gasteiger charge is -2.09. The van der Waals surface area contributed by atoms with Crippen LogP contribution >= 0.6 is 23.2 Å². The van der Waals surface area contributed by atoms with Crippen LogP contribution in [-0.4, -0.2) is 20.9 Å². The Bertz CT molecular complexity index is 863. The van der Waals surface area contributed by atoms with Gasteiger partial charge in [0.1, 0.15) is 0 Å². The molecule has 0 saturated carbocycles. The predicted octanol–water partition coefficient (Wildman–Crippen LogP) is 3.53. The normalized spacial score (nSPS) is 11.3. The zero-order valence-electron chi connectivity index (χ0n) is 13.1. The fraction of sp³-hybridized carbons (Fsp3) is 0.188. The molecule has 0 radical (unpaired) electrons. The first-order valence-electron chi connectivity index (χ1n) is 7.00. The molecule has 2 N–H and O–H groups in total. The van der Waals surface area contributed by atoms with Gasteiger partial charge in [-0.3, -0.25) is 4.79 Å². The first-order valence-corrected chi connectivity index (χ1v) is 9.24. The molecule has 24 heavy (non-hydrogen) atoms. The average molecular weight is 387 g/mol. The van der Waals surface area contributed by atoms with E-state index in [2.05, 4.69) is 10.0 Å². The molecule has 8 heteroatoms. The van der Waals surface area contributed by atoms with Gasteiger partial charge in [0, 0.05) is 5.69 Å². The number of halogens is 2. The number of sulfonamides is 1. The molecule has 2 rings (SSSR count). The number of hydrogen-bond acceptors (Lipinski definition) is 3. The lowest BCUT2D eigenvalue weighted by Crippen LogP contribution is -2.32. The van der Waals surface area contributed by atoms with Crippen molar-refractivity contribution >= 4 is 44.8 Å². The smallest absolute Gasteiger partial charge is 0.241 e. The van der Waals surface area contributed by atoms with Crippen LogP contribution in [0.15, 0.2) is 41.3 Å². The lowest BCUT2D eigenvalue weighted by molar-refractivity contribution is -0.115. The van der Waals surface area contributed by atoms with Gasteiger partial charge in [0.15, 0.2) is 0 Å². The molecular weight excluding hydrogens is 371 g/mol. The summed E-state index contributed by atoms with van der Waals surface area (Å²) in [6, 6.07) is 9.51. The van der Waals surface area contributed by atoms with Gasteiger partial charge in [0.05, 0.1) is 21.5 Å². The lowest BCUT2D eigenvalue weighted by atomic mass is 10.1. The largest absolute Gasteiger partial charge is 0.325 e. The summed E-state index contributed by atoms with van der Waals surface area (Å²) in [5.41, 5.74) is 2.62. The van der Waals surface area contributed by atoms with Gasteiger partial charge in [-0.2, -0.15) is 0 Å². The van der Waals surface area contributed by atoms with Crippen molar-refractivity contribution in [1.82, 2.24) is 4.72 Å². The molecule has 128 valence electrons. The summed E-state index contributed by atoms with van der Waals surface area (Å²) < 4.78 is 26.6. The summed E-state index contributed by atoms with van der Waals surface area (Å²) in [6.07, 6.45) is 0. The van der Waals surface area contributed by atoms with E-state index in [0.29, 0.717) is 5.69 Å². The van der Waals surface area contributed by atoms with E-state index in [-0.39, 0.29) is 14.9 Å². The highest BCUT2D eigenvalue weighted by molar-refractivity contribution is 7.89. The van der Waals surface area contributed by atoms with Gasteiger partial charge in [-0.1, -0.05) is 29.3 Å². The van der Waals surface area contributed by atoms with E-state index in [1.165, 1.54) is 18.2 Å². The van der Waals surface area contributed by atoms with E-state index in [0.717, 1.165) is 11.1 Å². The van der Waals surface area contributed by atoms with E-state index in [9.17, 15) is 13.2 Å². The highest BCUT2D eigenvalue weighted by Gasteiger charge is 2.17. The first-order chi connectivity index (χ1) is 11.2. The van der Waals surface area contributed by atoms with Crippen molar-refractivity contribution in [2.45, 2.75) is 18.7 Å². The Labute approximate surface area is 151 Å². The minimum absolute atomic E-state index is 0.0592. The second kappa shape index (κ2) is 7.53. The minimum atomic E-state index is -3.86. The van der Waals surface area contributed by atoms with Crippen molar-refractivity contribution in [3.8, 4) is 0 Å². The number of amides is 1. The number of benzene rings is 2. The zero-order chi connectivity index (χ0) is 17.9. The van der Waals surface area contributed by atoms with E-state index in [1.54, 1.807) is 12.1 Å². The maximum atomic E-state index is 12.2. The minimum Gasteiger partial charge on any atom is -0.325 e. The van der Waals surface area contributed by atoms with E-state index in [4.69, 9.17) is 23.2 Å². The summed E-state index contributed by atoms with van der Waals surface area (Å²) in [5.74, 6) is -0.469. The second-order valence-corrected chi connectivity index (χ2v) is 7.91. The highest BCUT2D eigenvalue weighted by atomic mass is 35.5. The number of nitrogens with one attached hydrogen (secondary N) is 2. The van der Waals surface area contributed by atoms with Crippen LogP contribution in [0.5, 0.6) is 0 Å². The predicted molar refractivity (Wildman–Crippen MR) is 96.2 cm³/mol. The second-order valence-electron chi connectivity index (χ2n) is 5.33. The molecule has 1 amide bonds. The van der Waals surface area contributed by atoms with Crippen molar-refractivity contribution in [3.63, 3.8) is 0 Å². The number of anilines is 1. The maximum absolute atomic E-state index is 12.2. The van der Waals surface area contributed by atoms with Gasteiger partial charge in [-0.15, -0.1) is 0 Å². The van der Waals surface area contributed by atoms with Gasteiger partial charge in [0.2, 0.25) is 15.9 Å². The number of carbonyl (C=O) groups excluding carboxylic acids is 1. The molecule has 0 atom stereocenters. The fourth-order valence-electron chi connectivity index (χ4n) is 2.14. The maximum Gasteiger partial charge on any atom is 0.241 e. The third kappa shape index (κ3) is 4.95. The highest BCUT2D eigenvalue weighted by Crippen LogP contribution is 2.24. The Kier molecular flexibility index (Phi) is 5.87. The van der Waals surface area contributed by atoms with Crippen LogP contribution in [0.4, 0.5) is 5.69 Å². The van der Waals surface area contributed by atoms with Crippen LogP contribution < -0.4 is 10.0 Å². The summed E-state index contributed by atoms with van der Waals surface area (Å²) in [4.78, 5) is 11.9. The van der Waals surface area contributed by atoms with E-state index < -0.39 is 22.5 Å². The van der Waals surface area contributed by atoms with Crippen LogP contribution in [-0.2, 0) is 14.8 Å². The molecule has 2 aromatic rings. The third-order valence-electron chi connectivity index (χ3n) is 3.13. The van der Waals surface area contributed by atoms with Gasteiger partial charge in [0.25, 0.3) is 0 Å². The van der Waals surface area contributed by atoms with Crippen molar-refractivity contribution in [1.29, 1.82) is 0 Å². The number of carbonyl (C=O) groups is 1. The Morgan fingerprint density at radius 2 is 1.62 bits per heavy atom. The van der Waals surface area contributed by atoms with Gasteiger partial charge in [-0.05, 0) is 55.3 Å². The summed E-state index contributed by atoms with van der Waals surface area (Å²) in [7, 11) is -3.86. The Morgan fingerprint density at radius 1 is 1.00 bits per heavy atom. The SMILES string of the molecule is Cc1cc(C)cc(NC(=O)CNS(=O)(=O)c2ccc(Cl)c(Cl)c2)c1. The fourth-order valence-corrected chi connectivity index (χ4v) is 3.51. The summed E-state index contributed by atoms with van der Waals surface area (Å²) in [5, 5.41) is 3.03. The molecule has 0 heterocycles. The van der Waals surface area contributed by atoms with E-state index >= 15 is 0 Å². The van der Waals surface area contributed by atoms with Crippen LogP contribution in [0.25, 0.3) is 0 Å². The molecule has 0 fully saturated rings. The number of hydrogen-bond donors (Lipinski definition) is 2. The van der Waals surface area contributed by atoms with Crippen LogP contribution in [0.3, 0.4) is 0 Å². The first kappa shape index (κ1) is 18.7. The molecule has 0 spiro atoms. The average Bonchev–Trinajstić information content (AvgIpc) is 2.47. The van der Waals surface area contributed by atoms with Crippen molar-refractivity contribution in [2.24, 2.45) is 0 Å². The number of aryl methyl sites for hydroxylation is 2. The molecule has 0 saturated heterocycles. The Morgan fingerprint density at radius 3 is 2.21 bits per heavy atom. The van der Waals surface area contributed by atoms with Crippen molar-refractivity contribution in [3.05, 3.63) is 57.6 Å². The molecule has 0 bridgehead atoms. The van der Waals surface area contributed by atoms with Crippen molar-refractivity contribution < 1.29 is 13.2 Å². The van der Waals surface area contributed by atoms with Crippen LogP contribution in [0, 0.1) is 13.8 Å². The monoisotopic (exact) mass is 386 g/mol.